The largest absolute Gasteiger partial charge is 0.307 e. The number of amides is 1. The van der Waals surface area contributed by atoms with Gasteiger partial charge in [-0.05, 0) is 48.0 Å². The predicted octanol–water partition coefficient (Wildman–Crippen LogP) is 3.94. The summed E-state index contributed by atoms with van der Waals surface area (Å²) in [4.78, 5) is 12.8. The van der Waals surface area contributed by atoms with Crippen LogP contribution in [0, 0.1) is 0 Å². The number of anilines is 1. The van der Waals surface area contributed by atoms with Crippen molar-refractivity contribution in [2.24, 2.45) is 0 Å². The van der Waals surface area contributed by atoms with Crippen LogP contribution >= 0.6 is 27.3 Å². The van der Waals surface area contributed by atoms with Gasteiger partial charge in [-0.3, -0.25) is 4.79 Å². The number of nitrogens with zero attached hydrogens (tertiary/aromatic N) is 2. The van der Waals surface area contributed by atoms with Crippen LogP contribution in [0.4, 0.5) is 5.82 Å². The van der Waals surface area contributed by atoms with Crippen molar-refractivity contribution in [2.75, 3.05) is 5.32 Å². The molecular weight excluding hydrogens is 326 g/mol. The van der Waals surface area contributed by atoms with Gasteiger partial charge in [-0.2, -0.15) is 5.10 Å². The van der Waals surface area contributed by atoms with Crippen molar-refractivity contribution in [3.05, 3.63) is 39.1 Å². The smallest absolute Gasteiger partial charge is 0.249 e. The number of hydrogen-bond acceptors (Lipinski definition) is 3. The van der Waals surface area contributed by atoms with Gasteiger partial charge < -0.3 is 5.32 Å². The van der Waals surface area contributed by atoms with Gasteiger partial charge >= 0.3 is 0 Å². The number of thiophene rings is 1. The zero-order valence-electron chi connectivity index (χ0n) is 10.6. The van der Waals surface area contributed by atoms with Gasteiger partial charge in [0.2, 0.25) is 5.91 Å². The first-order valence-corrected chi connectivity index (χ1v) is 7.45. The Bertz CT molecular complexity index is 601. The van der Waals surface area contributed by atoms with Crippen LogP contribution in [0.2, 0.25) is 0 Å². The molecule has 6 heteroatoms. The molecule has 2 heterocycles. The quantitative estimate of drug-likeness (QED) is 0.857. The van der Waals surface area contributed by atoms with Crippen LogP contribution in [0.5, 0.6) is 0 Å². The van der Waals surface area contributed by atoms with Gasteiger partial charge in [0.1, 0.15) is 5.82 Å². The molecule has 4 nitrogen and oxygen atoms in total. The van der Waals surface area contributed by atoms with Crippen molar-refractivity contribution >= 4 is 45.1 Å². The van der Waals surface area contributed by atoms with E-state index in [1.807, 2.05) is 26.0 Å². The fraction of sp³-hybridized carbons (Fsp3) is 0.231. The van der Waals surface area contributed by atoms with Crippen molar-refractivity contribution in [3.63, 3.8) is 0 Å². The topological polar surface area (TPSA) is 46.9 Å². The van der Waals surface area contributed by atoms with E-state index in [-0.39, 0.29) is 11.9 Å². The predicted molar refractivity (Wildman–Crippen MR) is 82.3 cm³/mol. The van der Waals surface area contributed by atoms with Crippen molar-refractivity contribution < 1.29 is 4.79 Å². The maximum atomic E-state index is 11.8. The van der Waals surface area contributed by atoms with E-state index in [0.29, 0.717) is 5.82 Å². The Balaban J connectivity index is 2.01. The van der Waals surface area contributed by atoms with Crippen LogP contribution < -0.4 is 5.32 Å². The second-order valence-electron chi connectivity index (χ2n) is 4.22. The molecule has 0 aliphatic rings. The highest BCUT2D eigenvalue weighted by Gasteiger charge is 2.07. The van der Waals surface area contributed by atoms with Gasteiger partial charge in [-0.15, -0.1) is 11.3 Å². The van der Waals surface area contributed by atoms with Gasteiger partial charge in [-0.1, -0.05) is 0 Å². The summed E-state index contributed by atoms with van der Waals surface area (Å²) in [6.07, 6.45) is 4.99. The molecule has 0 aromatic carbocycles. The Morgan fingerprint density at radius 3 is 2.89 bits per heavy atom. The third kappa shape index (κ3) is 3.78. The van der Waals surface area contributed by atoms with E-state index in [1.54, 1.807) is 34.4 Å². The minimum Gasteiger partial charge on any atom is -0.307 e. The average molecular weight is 340 g/mol. The van der Waals surface area contributed by atoms with Crippen LogP contribution in [0.25, 0.3) is 6.08 Å². The summed E-state index contributed by atoms with van der Waals surface area (Å²) in [5, 5.41) is 6.98. The lowest BCUT2D eigenvalue weighted by molar-refractivity contribution is -0.111. The van der Waals surface area contributed by atoms with E-state index in [4.69, 9.17) is 0 Å². The van der Waals surface area contributed by atoms with Crippen molar-refractivity contribution in [2.45, 2.75) is 19.9 Å². The summed E-state index contributed by atoms with van der Waals surface area (Å²) in [7, 11) is 0. The number of rotatable bonds is 4. The zero-order valence-corrected chi connectivity index (χ0v) is 13.0. The summed E-state index contributed by atoms with van der Waals surface area (Å²) in [6.45, 7) is 4.03. The fourth-order valence-corrected chi connectivity index (χ4v) is 2.89. The number of carbonyl (C=O) groups is 1. The third-order valence-electron chi connectivity index (χ3n) is 2.40. The average Bonchev–Trinajstić information content (AvgIpc) is 2.95. The number of nitrogens with one attached hydrogen (secondary N) is 1. The molecule has 2 aromatic heterocycles. The second kappa shape index (κ2) is 6.16. The van der Waals surface area contributed by atoms with Crippen LogP contribution in [0.1, 0.15) is 24.8 Å². The second-order valence-corrected chi connectivity index (χ2v) is 6.71. The van der Waals surface area contributed by atoms with Gasteiger partial charge in [0.25, 0.3) is 0 Å². The summed E-state index contributed by atoms with van der Waals surface area (Å²) in [5.41, 5.74) is 0. The molecule has 0 atom stereocenters. The van der Waals surface area contributed by atoms with Crippen LogP contribution in [-0.4, -0.2) is 15.7 Å². The summed E-state index contributed by atoms with van der Waals surface area (Å²) in [6, 6.07) is 5.91. The molecule has 1 amide bonds. The zero-order chi connectivity index (χ0) is 13.8. The third-order valence-corrected chi connectivity index (χ3v) is 3.99. The van der Waals surface area contributed by atoms with E-state index in [9.17, 15) is 4.79 Å². The molecule has 0 fully saturated rings. The lowest BCUT2D eigenvalue weighted by Gasteiger charge is -2.10. The lowest BCUT2D eigenvalue weighted by atomic mass is 10.4. The lowest BCUT2D eigenvalue weighted by Crippen LogP contribution is -2.14. The summed E-state index contributed by atoms with van der Waals surface area (Å²) >= 11 is 4.96. The highest BCUT2D eigenvalue weighted by Crippen LogP contribution is 2.23. The van der Waals surface area contributed by atoms with Crippen LogP contribution in [0.3, 0.4) is 0 Å². The number of halogens is 1. The van der Waals surface area contributed by atoms with E-state index in [1.165, 1.54) is 6.08 Å². The Morgan fingerprint density at radius 1 is 1.47 bits per heavy atom. The highest BCUT2D eigenvalue weighted by molar-refractivity contribution is 9.11. The SMILES string of the molecule is CC(C)n1nccc1NC(=O)C=Cc1ccc(Br)s1. The van der Waals surface area contributed by atoms with Gasteiger partial charge in [0.15, 0.2) is 0 Å². The summed E-state index contributed by atoms with van der Waals surface area (Å²) in [5.74, 6) is 0.545. The Kier molecular flexibility index (Phi) is 4.55. The van der Waals surface area contributed by atoms with Gasteiger partial charge in [0.05, 0.1) is 9.98 Å². The molecule has 100 valence electrons. The first-order valence-electron chi connectivity index (χ1n) is 5.84. The molecule has 0 unspecified atom stereocenters. The van der Waals surface area contributed by atoms with Crippen molar-refractivity contribution in [1.82, 2.24) is 9.78 Å². The van der Waals surface area contributed by atoms with Gasteiger partial charge in [-0.25, -0.2) is 4.68 Å². The van der Waals surface area contributed by atoms with Crippen LogP contribution in [0.15, 0.2) is 34.3 Å². The molecule has 2 aromatic rings. The van der Waals surface area contributed by atoms with E-state index < -0.39 is 0 Å². The first-order chi connectivity index (χ1) is 9.06. The Morgan fingerprint density at radius 2 is 2.26 bits per heavy atom. The molecule has 0 radical (unpaired) electrons. The Labute approximate surface area is 124 Å². The summed E-state index contributed by atoms with van der Waals surface area (Å²) < 4.78 is 2.82. The highest BCUT2D eigenvalue weighted by atomic mass is 79.9. The Hall–Kier alpha value is -1.40. The molecule has 0 saturated carbocycles. The van der Waals surface area contributed by atoms with E-state index >= 15 is 0 Å². The fourth-order valence-electron chi connectivity index (χ4n) is 1.57. The minimum atomic E-state index is -0.160. The number of carbonyl (C=O) groups excluding carboxylic acids is 1. The van der Waals surface area contributed by atoms with E-state index in [2.05, 4.69) is 26.3 Å². The molecule has 19 heavy (non-hydrogen) atoms. The molecule has 0 aliphatic heterocycles. The molecule has 0 spiro atoms. The molecule has 0 aliphatic carbocycles. The normalized spacial score (nSPS) is 11.4. The molecular formula is C13H14BrN3OS. The van der Waals surface area contributed by atoms with Crippen molar-refractivity contribution in [3.8, 4) is 0 Å². The molecule has 2 rings (SSSR count). The molecule has 0 saturated heterocycles. The number of hydrogen-bond donors (Lipinski definition) is 1. The monoisotopic (exact) mass is 339 g/mol. The standard InChI is InChI=1S/C13H14BrN3OS/c1-9(2)17-12(7-8-15-17)16-13(18)6-4-10-3-5-11(14)19-10/h3-9H,1-2H3,(H,16,18). The molecule has 0 bridgehead atoms. The minimum absolute atomic E-state index is 0.160. The van der Waals surface area contributed by atoms with E-state index in [0.717, 1.165) is 8.66 Å². The first kappa shape index (κ1) is 14.0. The number of aromatic nitrogens is 2. The maximum absolute atomic E-state index is 11.8. The van der Waals surface area contributed by atoms with Gasteiger partial charge in [0, 0.05) is 23.1 Å². The van der Waals surface area contributed by atoms with Crippen molar-refractivity contribution in [1.29, 1.82) is 0 Å². The molecule has 1 N–H and O–H groups in total. The maximum Gasteiger partial charge on any atom is 0.249 e. The van der Waals surface area contributed by atoms with Crippen LogP contribution in [-0.2, 0) is 4.79 Å².